The van der Waals surface area contributed by atoms with Crippen LogP contribution in [0.25, 0.3) is 0 Å². The van der Waals surface area contributed by atoms with Crippen LogP contribution in [0.5, 0.6) is 0 Å². The molecule has 1 unspecified atom stereocenters. The summed E-state index contributed by atoms with van der Waals surface area (Å²) in [7, 11) is 0. The SMILES string of the molecule is CCOC(=O)CSCC(=O)NC(C)c1ccc(Br)cc1. The maximum Gasteiger partial charge on any atom is 0.315 e. The van der Waals surface area contributed by atoms with Crippen LogP contribution in [-0.4, -0.2) is 30.0 Å². The molecule has 0 radical (unpaired) electrons. The number of ether oxygens (including phenoxy) is 1. The molecular formula is C14H18BrNO3S. The lowest BCUT2D eigenvalue weighted by Crippen LogP contribution is -2.28. The fraction of sp³-hybridized carbons (Fsp3) is 0.429. The van der Waals surface area contributed by atoms with Crippen LogP contribution >= 0.6 is 27.7 Å². The minimum Gasteiger partial charge on any atom is -0.465 e. The van der Waals surface area contributed by atoms with E-state index in [-0.39, 0.29) is 29.4 Å². The summed E-state index contributed by atoms with van der Waals surface area (Å²) in [6.07, 6.45) is 0. The van der Waals surface area contributed by atoms with Crippen molar-refractivity contribution in [1.82, 2.24) is 5.32 Å². The third-order valence-electron chi connectivity index (χ3n) is 2.51. The Balaban J connectivity index is 2.31. The van der Waals surface area contributed by atoms with Gasteiger partial charge in [0.25, 0.3) is 0 Å². The lowest BCUT2D eigenvalue weighted by molar-refractivity contribution is -0.139. The predicted octanol–water partition coefficient (Wildman–Crippen LogP) is 2.92. The van der Waals surface area contributed by atoms with Gasteiger partial charge in [0.2, 0.25) is 5.91 Å². The van der Waals surface area contributed by atoms with E-state index in [1.54, 1.807) is 6.92 Å². The van der Waals surface area contributed by atoms with Gasteiger partial charge in [-0.25, -0.2) is 0 Å². The van der Waals surface area contributed by atoms with E-state index < -0.39 is 0 Å². The Hall–Kier alpha value is -1.01. The molecule has 1 N–H and O–H groups in total. The van der Waals surface area contributed by atoms with E-state index in [2.05, 4.69) is 21.2 Å². The zero-order chi connectivity index (χ0) is 15.0. The maximum absolute atomic E-state index is 11.7. The van der Waals surface area contributed by atoms with E-state index in [4.69, 9.17) is 4.74 Å². The van der Waals surface area contributed by atoms with Gasteiger partial charge in [-0.3, -0.25) is 9.59 Å². The summed E-state index contributed by atoms with van der Waals surface area (Å²) in [5.74, 6) is 0.0779. The van der Waals surface area contributed by atoms with Crippen LogP contribution in [0.3, 0.4) is 0 Å². The highest BCUT2D eigenvalue weighted by atomic mass is 79.9. The van der Waals surface area contributed by atoms with Crippen molar-refractivity contribution in [2.75, 3.05) is 18.1 Å². The molecule has 0 spiro atoms. The Labute approximate surface area is 131 Å². The highest BCUT2D eigenvalue weighted by molar-refractivity contribution is 9.10. The van der Waals surface area contributed by atoms with E-state index in [9.17, 15) is 9.59 Å². The van der Waals surface area contributed by atoms with Gasteiger partial charge in [0.05, 0.1) is 24.2 Å². The fourth-order valence-corrected chi connectivity index (χ4v) is 2.43. The molecule has 1 aromatic carbocycles. The summed E-state index contributed by atoms with van der Waals surface area (Å²) in [5, 5.41) is 2.89. The molecule has 1 atom stereocenters. The monoisotopic (exact) mass is 359 g/mol. The molecule has 20 heavy (non-hydrogen) atoms. The number of benzene rings is 1. The van der Waals surface area contributed by atoms with E-state index >= 15 is 0 Å². The van der Waals surface area contributed by atoms with Crippen LogP contribution in [0.4, 0.5) is 0 Å². The Morgan fingerprint density at radius 2 is 1.95 bits per heavy atom. The molecule has 1 aromatic rings. The molecule has 1 amide bonds. The molecule has 110 valence electrons. The molecule has 6 heteroatoms. The first kappa shape index (κ1) is 17.0. The van der Waals surface area contributed by atoms with Crippen LogP contribution in [0.2, 0.25) is 0 Å². The number of carbonyl (C=O) groups excluding carboxylic acids is 2. The minimum atomic E-state index is -0.286. The molecule has 0 saturated heterocycles. The van der Waals surface area contributed by atoms with Gasteiger partial charge in [-0.15, -0.1) is 11.8 Å². The molecule has 0 fully saturated rings. The number of hydrogen-bond acceptors (Lipinski definition) is 4. The second kappa shape index (κ2) is 9.02. The third-order valence-corrected chi connectivity index (χ3v) is 3.94. The zero-order valence-corrected chi connectivity index (χ0v) is 13.9. The number of amides is 1. The number of carbonyl (C=O) groups is 2. The second-order valence-corrected chi connectivity index (χ2v) is 6.04. The molecule has 0 aromatic heterocycles. The molecule has 0 bridgehead atoms. The van der Waals surface area contributed by atoms with Crippen molar-refractivity contribution in [3.05, 3.63) is 34.3 Å². The quantitative estimate of drug-likeness (QED) is 0.760. The van der Waals surface area contributed by atoms with Crippen LogP contribution in [0.15, 0.2) is 28.7 Å². The standard InChI is InChI=1S/C14H18BrNO3S/c1-3-19-14(18)9-20-8-13(17)16-10(2)11-4-6-12(15)7-5-11/h4-7,10H,3,8-9H2,1-2H3,(H,16,17). The summed E-state index contributed by atoms with van der Waals surface area (Å²) >= 11 is 4.63. The Bertz CT molecular complexity index is 450. The van der Waals surface area contributed by atoms with Crippen molar-refractivity contribution in [2.45, 2.75) is 19.9 Å². The first-order valence-corrected chi connectivity index (χ1v) is 8.26. The number of rotatable bonds is 7. The average Bonchev–Trinajstić information content (AvgIpc) is 2.39. The van der Waals surface area contributed by atoms with Gasteiger partial charge >= 0.3 is 5.97 Å². The minimum absolute atomic E-state index is 0.0567. The predicted molar refractivity (Wildman–Crippen MR) is 84.7 cm³/mol. The Morgan fingerprint density at radius 3 is 2.55 bits per heavy atom. The zero-order valence-electron chi connectivity index (χ0n) is 11.5. The van der Waals surface area contributed by atoms with Crippen LogP contribution < -0.4 is 5.32 Å². The van der Waals surface area contributed by atoms with E-state index in [0.29, 0.717) is 6.61 Å². The first-order valence-electron chi connectivity index (χ1n) is 6.31. The number of hydrogen-bond donors (Lipinski definition) is 1. The summed E-state index contributed by atoms with van der Waals surface area (Å²) in [5.41, 5.74) is 1.04. The second-order valence-electron chi connectivity index (χ2n) is 4.14. The first-order chi connectivity index (χ1) is 9.52. The topological polar surface area (TPSA) is 55.4 Å². The van der Waals surface area contributed by atoms with Crippen LogP contribution in [0.1, 0.15) is 25.5 Å². The molecule has 0 heterocycles. The lowest BCUT2D eigenvalue weighted by Gasteiger charge is -2.14. The lowest BCUT2D eigenvalue weighted by atomic mass is 10.1. The van der Waals surface area contributed by atoms with Crippen LogP contribution in [0, 0.1) is 0 Å². The average molecular weight is 360 g/mol. The van der Waals surface area contributed by atoms with Crippen molar-refractivity contribution in [1.29, 1.82) is 0 Å². The normalized spacial score (nSPS) is 11.8. The molecule has 4 nitrogen and oxygen atoms in total. The summed E-state index contributed by atoms with van der Waals surface area (Å²) in [4.78, 5) is 22.9. The number of esters is 1. The van der Waals surface area contributed by atoms with E-state index in [1.165, 1.54) is 11.8 Å². The highest BCUT2D eigenvalue weighted by Gasteiger charge is 2.10. The third kappa shape index (κ3) is 6.43. The number of halogens is 1. The van der Waals surface area contributed by atoms with Crippen molar-refractivity contribution < 1.29 is 14.3 Å². The number of nitrogens with one attached hydrogen (secondary N) is 1. The fourth-order valence-electron chi connectivity index (χ4n) is 1.55. The van der Waals surface area contributed by atoms with Gasteiger partial charge in [0.1, 0.15) is 0 Å². The molecular weight excluding hydrogens is 342 g/mol. The summed E-state index contributed by atoms with van der Waals surface area (Å²) < 4.78 is 5.79. The largest absolute Gasteiger partial charge is 0.465 e. The van der Waals surface area contributed by atoms with Gasteiger partial charge in [-0.1, -0.05) is 28.1 Å². The van der Waals surface area contributed by atoms with E-state index in [1.807, 2.05) is 31.2 Å². The molecule has 0 aliphatic rings. The summed E-state index contributed by atoms with van der Waals surface area (Å²) in [6, 6.07) is 7.74. The van der Waals surface area contributed by atoms with Gasteiger partial charge in [0, 0.05) is 4.47 Å². The molecule has 0 saturated carbocycles. The maximum atomic E-state index is 11.7. The van der Waals surface area contributed by atoms with Crippen molar-refractivity contribution in [3.63, 3.8) is 0 Å². The molecule has 0 aliphatic carbocycles. The Kier molecular flexibility index (Phi) is 7.69. The molecule has 1 rings (SSSR count). The van der Waals surface area contributed by atoms with Gasteiger partial charge in [-0.2, -0.15) is 0 Å². The van der Waals surface area contributed by atoms with Crippen LogP contribution in [-0.2, 0) is 14.3 Å². The van der Waals surface area contributed by atoms with Crippen molar-refractivity contribution >= 4 is 39.6 Å². The summed E-state index contributed by atoms with van der Waals surface area (Å²) in [6.45, 7) is 4.05. The van der Waals surface area contributed by atoms with Gasteiger partial charge < -0.3 is 10.1 Å². The smallest absolute Gasteiger partial charge is 0.315 e. The van der Waals surface area contributed by atoms with E-state index in [0.717, 1.165) is 10.0 Å². The Morgan fingerprint density at radius 1 is 1.30 bits per heavy atom. The van der Waals surface area contributed by atoms with Gasteiger partial charge in [-0.05, 0) is 31.5 Å². The molecule has 0 aliphatic heterocycles. The highest BCUT2D eigenvalue weighted by Crippen LogP contribution is 2.16. The van der Waals surface area contributed by atoms with Gasteiger partial charge in [0.15, 0.2) is 0 Å². The number of thioether (sulfide) groups is 1. The van der Waals surface area contributed by atoms with Crippen molar-refractivity contribution in [2.24, 2.45) is 0 Å². The van der Waals surface area contributed by atoms with Crippen molar-refractivity contribution in [3.8, 4) is 0 Å².